The zero-order chi connectivity index (χ0) is 21.5. The van der Waals surface area contributed by atoms with E-state index in [2.05, 4.69) is 31.1 Å². The number of nitrogens with one attached hydrogen (secondary N) is 2. The van der Waals surface area contributed by atoms with E-state index in [4.69, 9.17) is 10.4 Å². The summed E-state index contributed by atoms with van der Waals surface area (Å²) in [6, 6.07) is 14.7. The van der Waals surface area contributed by atoms with E-state index >= 15 is 0 Å². The zero-order valence-electron chi connectivity index (χ0n) is 16.3. The van der Waals surface area contributed by atoms with Crippen molar-refractivity contribution < 1.29 is 0 Å². The van der Waals surface area contributed by atoms with E-state index in [0.717, 1.165) is 15.9 Å². The molecule has 0 radical (unpaired) electrons. The highest BCUT2D eigenvalue weighted by atomic mass is 79.9. The maximum atomic E-state index is 12.4. The molecular weight excluding hydrogens is 478 g/mol. The molecule has 5 aromatic rings. The number of H-pyrrole nitrogens is 1. The lowest BCUT2D eigenvalue weighted by atomic mass is 10.3. The molecule has 0 saturated carbocycles. The van der Waals surface area contributed by atoms with Gasteiger partial charge in [-0.3, -0.25) is 24.3 Å². The molecular formula is C21H16BrN7OS. The van der Waals surface area contributed by atoms with Crippen molar-refractivity contribution in [3.8, 4) is 5.69 Å². The molecule has 5 rings (SSSR count). The lowest BCUT2D eigenvalue weighted by molar-refractivity contribution is 0.786. The van der Waals surface area contributed by atoms with Gasteiger partial charge in [0.2, 0.25) is 0 Å². The number of halogens is 1. The van der Waals surface area contributed by atoms with Crippen molar-refractivity contribution >= 4 is 44.4 Å². The molecule has 10 heteroatoms. The summed E-state index contributed by atoms with van der Waals surface area (Å²) >= 11 is 4.87. The Balaban J connectivity index is 1.61. The van der Waals surface area contributed by atoms with Crippen molar-refractivity contribution in [2.24, 2.45) is 0 Å². The number of aromatic amines is 1. The Bertz CT molecular complexity index is 1550. The highest BCUT2D eigenvalue weighted by molar-refractivity contribution is 9.10. The number of fused-ring (bicyclic) bond motifs is 2. The van der Waals surface area contributed by atoms with Crippen LogP contribution in [0, 0.1) is 12.3 Å². The number of hydrogen-bond donors (Lipinski definition) is 2. The fourth-order valence-electron chi connectivity index (χ4n) is 3.37. The van der Waals surface area contributed by atoms with Gasteiger partial charge >= 0.3 is 0 Å². The number of pyridine rings is 1. The molecule has 0 atom stereocenters. The summed E-state index contributed by atoms with van der Waals surface area (Å²) in [5, 5.41) is 17.3. The molecule has 0 bridgehead atoms. The quantitative estimate of drug-likeness (QED) is 0.294. The Kier molecular flexibility index (Phi) is 4.95. The van der Waals surface area contributed by atoms with E-state index in [1.807, 2.05) is 37.3 Å². The minimum atomic E-state index is -0.130. The number of hydrogen-bond acceptors (Lipinski definition) is 6. The summed E-state index contributed by atoms with van der Waals surface area (Å²) in [5.74, 6) is 0.429. The topological polar surface area (TPSA) is 105 Å². The van der Waals surface area contributed by atoms with Gasteiger partial charge in [0.25, 0.3) is 5.56 Å². The van der Waals surface area contributed by atoms with Crippen LogP contribution in [0.3, 0.4) is 0 Å². The summed E-state index contributed by atoms with van der Waals surface area (Å²) in [6.07, 6.45) is 1.70. The maximum Gasteiger partial charge on any atom is 0.258 e. The lowest BCUT2D eigenvalue weighted by Crippen LogP contribution is -2.22. The van der Waals surface area contributed by atoms with Crippen molar-refractivity contribution in [2.45, 2.75) is 17.8 Å². The maximum absolute atomic E-state index is 12.4. The van der Waals surface area contributed by atoms with Crippen LogP contribution in [0.25, 0.3) is 22.4 Å². The van der Waals surface area contributed by atoms with Crippen LogP contribution in [0.2, 0.25) is 0 Å². The SMILES string of the molecule is Cc1[nH]nc2nc(SCc3cc(=O)n4ccccc4n3)n(-c3ccc(Br)cc3)c(=N)c12. The van der Waals surface area contributed by atoms with E-state index < -0.39 is 0 Å². The van der Waals surface area contributed by atoms with E-state index in [1.54, 1.807) is 22.9 Å². The first kappa shape index (κ1) is 19.7. The van der Waals surface area contributed by atoms with Gasteiger partial charge < -0.3 is 0 Å². The Morgan fingerprint density at radius 3 is 2.77 bits per heavy atom. The number of rotatable bonds is 4. The third-order valence-corrected chi connectivity index (χ3v) is 6.34. The Morgan fingerprint density at radius 1 is 1.16 bits per heavy atom. The molecule has 2 N–H and O–H groups in total. The van der Waals surface area contributed by atoms with Crippen molar-refractivity contribution in [1.29, 1.82) is 5.41 Å². The van der Waals surface area contributed by atoms with Gasteiger partial charge in [-0.25, -0.2) is 9.97 Å². The predicted octanol–water partition coefficient (Wildman–Crippen LogP) is 3.60. The van der Waals surface area contributed by atoms with Crippen LogP contribution >= 0.6 is 27.7 Å². The van der Waals surface area contributed by atoms with Crippen LogP contribution in [0.1, 0.15) is 11.4 Å². The summed E-state index contributed by atoms with van der Waals surface area (Å²) in [5.41, 5.74) is 3.51. The van der Waals surface area contributed by atoms with Crippen molar-refractivity contribution in [2.75, 3.05) is 0 Å². The number of nitrogens with zero attached hydrogens (tertiary/aromatic N) is 5. The third-order valence-electron chi connectivity index (χ3n) is 4.84. The molecule has 0 aliphatic heterocycles. The summed E-state index contributed by atoms with van der Waals surface area (Å²) in [6.45, 7) is 1.88. The molecule has 0 spiro atoms. The van der Waals surface area contributed by atoms with Crippen molar-refractivity contribution in [3.63, 3.8) is 0 Å². The summed E-state index contributed by atoms with van der Waals surface area (Å²) in [7, 11) is 0. The molecule has 0 aliphatic rings. The molecule has 4 aromatic heterocycles. The minimum absolute atomic E-state index is 0.130. The first-order chi connectivity index (χ1) is 15.0. The Labute approximate surface area is 188 Å². The number of aromatic nitrogens is 6. The summed E-state index contributed by atoms with van der Waals surface area (Å²) < 4.78 is 4.25. The van der Waals surface area contributed by atoms with Crippen LogP contribution < -0.4 is 11.0 Å². The third kappa shape index (κ3) is 3.57. The van der Waals surface area contributed by atoms with E-state index in [1.165, 1.54) is 22.2 Å². The van der Waals surface area contributed by atoms with Crippen LogP contribution in [-0.2, 0) is 5.75 Å². The first-order valence-corrected chi connectivity index (χ1v) is 11.2. The molecule has 154 valence electrons. The second-order valence-electron chi connectivity index (χ2n) is 6.91. The molecule has 1 aromatic carbocycles. The monoisotopic (exact) mass is 493 g/mol. The predicted molar refractivity (Wildman–Crippen MR) is 123 cm³/mol. The molecule has 8 nitrogen and oxygen atoms in total. The van der Waals surface area contributed by atoms with E-state index in [0.29, 0.717) is 38.8 Å². The fraction of sp³-hybridized carbons (Fsp3) is 0.0952. The van der Waals surface area contributed by atoms with Gasteiger partial charge in [-0.1, -0.05) is 33.8 Å². The zero-order valence-corrected chi connectivity index (χ0v) is 18.7. The molecule has 0 unspecified atom stereocenters. The average molecular weight is 494 g/mol. The van der Waals surface area contributed by atoms with Crippen LogP contribution in [-0.4, -0.2) is 29.1 Å². The molecule has 0 fully saturated rings. The second-order valence-corrected chi connectivity index (χ2v) is 8.76. The van der Waals surface area contributed by atoms with Crippen LogP contribution in [0.15, 0.2) is 69.2 Å². The smallest absolute Gasteiger partial charge is 0.258 e. The van der Waals surface area contributed by atoms with Crippen molar-refractivity contribution in [3.05, 3.63) is 86.4 Å². The van der Waals surface area contributed by atoms with Gasteiger partial charge in [0, 0.05) is 33.9 Å². The standard InChI is InChI=1S/C21H16BrN7OS/c1-12-18-19(23)29(15-7-5-13(22)6-8-15)21(25-20(18)27-26-12)31-11-14-10-17(30)28-9-3-2-4-16(28)24-14/h2-10,23H,11H2,1H3,(H,26,27). The molecule has 4 heterocycles. The van der Waals surface area contributed by atoms with Gasteiger partial charge in [0.05, 0.1) is 11.1 Å². The Hall–Kier alpha value is -3.24. The van der Waals surface area contributed by atoms with Gasteiger partial charge in [-0.15, -0.1) is 0 Å². The highest BCUT2D eigenvalue weighted by Crippen LogP contribution is 2.25. The molecule has 0 amide bonds. The highest BCUT2D eigenvalue weighted by Gasteiger charge is 2.16. The number of aryl methyl sites for hydroxylation is 1. The normalized spacial score (nSPS) is 11.4. The molecule has 0 saturated heterocycles. The second kappa shape index (κ2) is 7.78. The Morgan fingerprint density at radius 2 is 1.97 bits per heavy atom. The molecule has 31 heavy (non-hydrogen) atoms. The minimum Gasteiger partial charge on any atom is -0.283 e. The van der Waals surface area contributed by atoms with Crippen LogP contribution in [0.5, 0.6) is 0 Å². The van der Waals surface area contributed by atoms with Crippen LogP contribution in [0.4, 0.5) is 0 Å². The number of thioether (sulfide) groups is 1. The van der Waals surface area contributed by atoms with Crippen molar-refractivity contribution in [1.82, 2.24) is 29.1 Å². The lowest BCUT2D eigenvalue weighted by Gasteiger charge is -2.13. The van der Waals surface area contributed by atoms with Gasteiger partial charge in [0.15, 0.2) is 10.8 Å². The fourth-order valence-corrected chi connectivity index (χ4v) is 4.54. The van der Waals surface area contributed by atoms with Gasteiger partial charge in [-0.05, 0) is 43.3 Å². The largest absolute Gasteiger partial charge is 0.283 e. The van der Waals surface area contributed by atoms with Gasteiger partial charge in [0.1, 0.15) is 11.1 Å². The van der Waals surface area contributed by atoms with Gasteiger partial charge in [-0.2, -0.15) is 5.10 Å². The molecule has 0 aliphatic carbocycles. The van der Waals surface area contributed by atoms with E-state index in [-0.39, 0.29) is 5.56 Å². The first-order valence-electron chi connectivity index (χ1n) is 9.39. The number of benzene rings is 1. The van der Waals surface area contributed by atoms with E-state index in [9.17, 15) is 4.79 Å². The average Bonchev–Trinajstić information content (AvgIpc) is 3.14. The summed E-state index contributed by atoms with van der Waals surface area (Å²) in [4.78, 5) is 21.7.